The van der Waals surface area contributed by atoms with Gasteiger partial charge in [0, 0.05) is 42.8 Å². The van der Waals surface area contributed by atoms with Crippen LogP contribution in [0.15, 0.2) is 54.7 Å². The van der Waals surface area contributed by atoms with Crippen molar-refractivity contribution < 1.29 is 4.74 Å². The van der Waals surface area contributed by atoms with Crippen molar-refractivity contribution in [3.8, 4) is 16.9 Å². The summed E-state index contributed by atoms with van der Waals surface area (Å²) in [7, 11) is 1.97. The summed E-state index contributed by atoms with van der Waals surface area (Å²) >= 11 is 0. The van der Waals surface area contributed by atoms with Crippen molar-refractivity contribution >= 4 is 28.4 Å². The Kier molecular flexibility index (Phi) is 5.57. The molecule has 0 unspecified atom stereocenters. The predicted molar refractivity (Wildman–Crippen MR) is 139 cm³/mol. The second-order valence-corrected chi connectivity index (χ2v) is 8.93. The van der Waals surface area contributed by atoms with Gasteiger partial charge in [0.2, 0.25) is 5.95 Å². The second kappa shape index (κ2) is 9.04. The number of hydrogen-bond acceptors (Lipinski definition) is 8. The second-order valence-electron chi connectivity index (χ2n) is 8.93. The van der Waals surface area contributed by atoms with E-state index in [-0.39, 0.29) is 0 Å². The highest BCUT2D eigenvalue weighted by Crippen LogP contribution is 2.29. The van der Waals surface area contributed by atoms with Gasteiger partial charge in [0.05, 0.1) is 47.7 Å². The van der Waals surface area contributed by atoms with E-state index in [0.717, 1.165) is 63.8 Å². The molecule has 182 valence electrons. The van der Waals surface area contributed by atoms with Crippen LogP contribution >= 0.6 is 0 Å². The minimum atomic E-state index is 0.666. The zero-order chi connectivity index (χ0) is 24.6. The van der Waals surface area contributed by atoms with Crippen LogP contribution in [0.1, 0.15) is 11.4 Å². The lowest BCUT2D eigenvalue weighted by Gasteiger charge is -2.27. The largest absolute Gasteiger partial charge is 0.378 e. The Labute approximate surface area is 208 Å². The van der Waals surface area contributed by atoms with E-state index in [2.05, 4.69) is 43.7 Å². The number of hydrogen-bond donors (Lipinski definition) is 1. The Bertz CT molecular complexity index is 1530. The number of fused-ring (bicyclic) bond motifs is 1. The average Bonchev–Trinajstić information content (AvgIpc) is 3.47. The molecule has 0 aliphatic carbocycles. The Morgan fingerprint density at radius 2 is 1.72 bits per heavy atom. The van der Waals surface area contributed by atoms with Crippen LogP contribution in [0.25, 0.3) is 27.8 Å². The molecule has 0 saturated carbocycles. The van der Waals surface area contributed by atoms with E-state index in [9.17, 15) is 0 Å². The molecule has 1 N–H and O–H groups in total. The molecule has 1 fully saturated rings. The third-order valence-electron chi connectivity index (χ3n) is 6.32. The molecule has 1 aliphatic rings. The number of morpholine rings is 1. The molecule has 0 bridgehead atoms. The molecule has 2 aromatic carbocycles. The summed E-state index contributed by atoms with van der Waals surface area (Å²) in [5.74, 6) is 1.41. The van der Waals surface area contributed by atoms with Gasteiger partial charge in [0.1, 0.15) is 5.82 Å². The molecule has 1 saturated heterocycles. The van der Waals surface area contributed by atoms with Gasteiger partial charge < -0.3 is 15.0 Å². The van der Waals surface area contributed by atoms with Gasteiger partial charge >= 0.3 is 0 Å². The first-order valence-corrected chi connectivity index (χ1v) is 12.0. The van der Waals surface area contributed by atoms with E-state index in [1.807, 2.05) is 55.9 Å². The van der Waals surface area contributed by atoms with Gasteiger partial charge in [-0.3, -0.25) is 4.68 Å². The maximum absolute atomic E-state index is 5.54. The maximum Gasteiger partial charge on any atom is 0.228 e. The molecular formula is C26H27N9O. The first kappa shape index (κ1) is 22.2. The van der Waals surface area contributed by atoms with E-state index < -0.39 is 0 Å². The monoisotopic (exact) mass is 481 g/mol. The molecule has 3 aromatic heterocycles. The number of aryl methyl sites for hydroxylation is 3. The van der Waals surface area contributed by atoms with Gasteiger partial charge in [0.15, 0.2) is 0 Å². The Morgan fingerprint density at radius 3 is 2.47 bits per heavy atom. The van der Waals surface area contributed by atoms with Crippen molar-refractivity contribution in [3.05, 3.63) is 66.1 Å². The van der Waals surface area contributed by atoms with Gasteiger partial charge in [-0.15, -0.1) is 0 Å². The highest BCUT2D eigenvalue weighted by atomic mass is 16.5. The summed E-state index contributed by atoms with van der Waals surface area (Å²) in [6.45, 7) is 6.80. The van der Waals surface area contributed by atoms with Crippen LogP contribution in [0.3, 0.4) is 0 Å². The lowest BCUT2D eigenvalue weighted by atomic mass is 10.1. The Hall–Kier alpha value is -4.31. The minimum absolute atomic E-state index is 0.666. The summed E-state index contributed by atoms with van der Waals surface area (Å²) in [5, 5.41) is 17.8. The van der Waals surface area contributed by atoms with Gasteiger partial charge in [0.25, 0.3) is 0 Å². The van der Waals surface area contributed by atoms with E-state index >= 15 is 0 Å². The SMILES string of the molecule is Cc1cnn(-c2ccc(Nc3cc(-c4ccc5c(C)nn(C)c5c4)nc(N4CCOCC4)n3)cc2)n1. The molecule has 0 radical (unpaired) electrons. The topological polar surface area (TPSA) is 98.8 Å². The molecule has 0 atom stereocenters. The van der Waals surface area contributed by atoms with Crippen LogP contribution in [0.2, 0.25) is 0 Å². The van der Waals surface area contributed by atoms with Crippen molar-refractivity contribution in [2.45, 2.75) is 13.8 Å². The van der Waals surface area contributed by atoms with Crippen LogP contribution in [0.5, 0.6) is 0 Å². The van der Waals surface area contributed by atoms with Crippen LogP contribution in [0.4, 0.5) is 17.5 Å². The number of benzene rings is 2. The normalized spacial score (nSPS) is 13.9. The lowest BCUT2D eigenvalue weighted by Crippen LogP contribution is -2.37. The Balaban J connectivity index is 1.36. The smallest absolute Gasteiger partial charge is 0.228 e. The fraction of sp³-hybridized carbons (Fsp3) is 0.269. The maximum atomic E-state index is 5.54. The van der Waals surface area contributed by atoms with Crippen LogP contribution in [-0.2, 0) is 11.8 Å². The van der Waals surface area contributed by atoms with Crippen LogP contribution < -0.4 is 10.2 Å². The van der Waals surface area contributed by atoms with Crippen molar-refractivity contribution in [1.82, 2.24) is 34.7 Å². The predicted octanol–water partition coefficient (Wildman–Crippen LogP) is 3.81. The average molecular weight is 482 g/mol. The summed E-state index contributed by atoms with van der Waals surface area (Å²) in [4.78, 5) is 13.6. The number of anilines is 3. The summed E-state index contributed by atoms with van der Waals surface area (Å²) in [5.41, 5.74) is 6.64. The summed E-state index contributed by atoms with van der Waals surface area (Å²) in [6, 6.07) is 16.3. The van der Waals surface area contributed by atoms with E-state index in [4.69, 9.17) is 14.7 Å². The molecule has 10 heteroatoms. The highest BCUT2D eigenvalue weighted by molar-refractivity contribution is 5.86. The fourth-order valence-corrected chi connectivity index (χ4v) is 4.44. The standard InChI is InChI=1S/C26H27N9O/c1-17-16-27-35(31-17)21-7-5-20(6-8-21)28-25-15-23(29-26(30-25)34-10-12-36-13-11-34)19-4-9-22-18(2)32-33(3)24(22)14-19/h4-9,14-16H,10-13H2,1-3H3,(H,28,29,30). The number of nitrogens with one attached hydrogen (secondary N) is 1. The highest BCUT2D eigenvalue weighted by Gasteiger charge is 2.17. The summed E-state index contributed by atoms with van der Waals surface area (Å²) < 4.78 is 7.45. The molecule has 5 aromatic rings. The molecule has 1 aliphatic heterocycles. The van der Waals surface area contributed by atoms with Crippen molar-refractivity contribution in [2.24, 2.45) is 7.05 Å². The van der Waals surface area contributed by atoms with Gasteiger partial charge in [-0.25, -0.2) is 4.98 Å². The van der Waals surface area contributed by atoms with E-state index in [1.165, 1.54) is 0 Å². The van der Waals surface area contributed by atoms with Gasteiger partial charge in [-0.05, 0) is 44.2 Å². The molecule has 0 spiro atoms. The quantitative estimate of drug-likeness (QED) is 0.405. The lowest BCUT2D eigenvalue weighted by molar-refractivity contribution is 0.122. The zero-order valence-corrected chi connectivity index (χ0v) is 20.5. The summed E-state index contributed by atoms with van der Waals surface area (Å²) in [6.07, 6.45) is 1.74. The molecule has 36 heavy (non-hydrogen) atoms. The Morgan fingerprint density at radius 1 is 0.917 bits per heavy atom. The first-order valence-electron chi connectivity index (χ1n) is 12.0. The number of nitrogens with zero attached hydrogens (tertiary/aromatic N) is 8. The molecule has 4 heterocycles. The van der Waals surface area contributed by atoms with Crippen molar-refractivity contribution in [1.29, 1.82) is 0 Å². The van der Waals surface area contributed by atoms with Crippen LogP contribution in [-0.4, -0.2) is 61.0 Å². The third kappa shape index (κ3) is 4.27. The molecule has 6 rings (SSSR count). The first-order chi connectivity index (χ1) is 17.5. The number of rotatable bonds is 5. The van der Waals surface area contributed by atoms with E-state index in [1.54, 1.807) is 11.0 Å². The third-order valence-corrected chi connectivity index (χ3v) is 6.32. The number of aromatic nitrogens is 7. The molecule has 10 nitrogen and oxygen atoms in total. The van der Waals surface area contributed by atoms with Gasteiger partial charge in [-0.2, -0.15) is 25.1 Å². The van der Waals surface area contributed by atoms with Crippen LogP contribution in [0, 0.1) is 13.8 Å². The molecular weight excluding hydrogens is 454 g/mol. The van der Waals surface area contributed by atoms with Gasteiger partial charge in [-0.1, -0.05) is 12.1 Å². The number of ether oxygens (including phenoxy) is 1. The fourth-order valence-electron chi connectivity index (χ4n) is 4.44. The van der Waals surface area contributed by atoms with Crippen molar-refractivity contribution in [3.63, 3.8) is 0 Å². The minimum Gasteiger partial charge on any atom is -0.378 e. The zero-order valence-electron chi connectivity index (χ0n) is 20.5. The van der Waals surface area contributed by atoms with E-state index in [0.29, 0.717) is 19.2 Å². The van der Waals surface area contributed by atoms with Crippen molar-refractivity contribution in [2.75, 3.05) is 36.5 Å². The molecule has 0 amide bonds.